The summed E-state index contributed by atoms with van der Waals surface area (Å²) in [5, 5.41) is 18.7. The molecule has 0 spiro atoms. The number of carboxylic acids is 1. The van der Waals surface area contributed by atoms with Crippen LogP contribution in [0.5, 0.6) is 5.75 Å². The summed E-state index contributed by atoms with van der Waals surface area (Å²) in [6.07, 6.45) is 2.80. The number of hydrogen-bond donors (Lipinski definition) is 2. The third-order valence-corrected chi connectivity index (χ3v) is 5.86. The van der Waals surface area contributed by atoms with Gasteiger partial charge in [0, 0.05) is 30.2 Å². The van der Waals surface area contributed by atoms with Crippen molar-refractivity contribution in [2.75, 3.05) is 20.3 Å². The third-order valence-electron chi connectivity index (χ3n) is 5.12. The Morgan fingerprint density at radius 3 is 2.81 bits per heavy atom. The molecule has 1 atom stereocenters. The number of halogens is 1. The molecule has 0 saturated carbocycles. The van der Waals surface area contributed by atoms with Crippen LogP contribution in [0.15, 0.2) is 40.9 Å². The summed E-state index contributed by atoms with van der Waals surface area (Å²) in [6.45, 7) is 1.56. The Labute approximate surface area is 167 Å². The van der Waals surface area contributed by atoms with Gasteiger partial charge in [0.2, 0.25) is 0 Å². The van der Waals surface area contributed by atoms with Crippen LogP contribution in [-0.2, 0) is 13.0 Å². The molecule has 0 aliphatic heterocycles. The number of methoxy groups -OCH3 is 1. The molecule has 1 unspecified atom stereocenters. The zero-order valence-electron chi connectivity index (χ0n) is 15.3. The lowest BCUT2D eigenvalue weighted by Gasteiger charge is -2.30. The molecule has 6 heteroatoms. The maximum absolute atomic E-state index is 11.4. The van der Waals surface area contributed by atoms with Crippen molar-refractivity contribution in [2.24, 2.45) is 0 Å². The molecule has 2 N–H and O–H groups in total. The highest BCUT2D eigenvalue weighted by molar-refractivity contribution is 9.10. The van der Waals surface area contributed by atoms with Crippen molar-refractivity contribution in [1.29, 1.82) is 0 Å². The molecular weight excluding hydrogens is 410 g/mol. The van der Waals surface area contributed by atoms with Crippen LogP contribution >= 0.6 is 15.9 Å². The average molecular weight is 434 g/mol. The van der Waals surface area contributed by atoms with E-state index in [1.54, 1.807) is 12.1 Å². The number of fused-ring (bicyclic) bond motifs is 1. The average Bonchev–Trinajstić information content (AvgIpc) is 3.10. The van der Waals surface area contributed by atoms with Gasteiger partial charge in [0.25, 0.3) is 0 Å². The van der Waals surface area contributed by atoms with E-state index < -0.39 is 5.97 Å². The molecule has 144 valence electrons. The molecule has 1 aliphatic rings. The summed E-state index contributed by atoms with van der Waals surface area (Å²) >= 11 is 3.52. The van der Waals surface area contributed by atoms with Crippen LogP contribution in [0, 0.1) is 0 Å². The van der Waals surface area contributed by atoms with Gasteiger partial charge < -0.3 is 14.9 Å². The van der Waals surface area contributed by atoms with E-state index in [0.29, 0.717) is 24.8 Å². The number of carbonyl (C=O) groups is 1. The normalized spacial score (nSPS) is 15.8. The molecule has 0 aromatic heterocycles. The zero-order valence-corrected chi connectivity index (χ0v) is 16.9. The van der Waals surface area contributed by atoms with Gasteiger partial charge in [0.1, 0.15) is 11.3 Å². The van der Waals surface area contributed by atoms with E-state index in [4.69, 9.17) is 4.74 Å². The fourth-order valence-corrected chi connectivity index (χ4v) is 4.27. The Balaban J connectivity index is 1.91. The van der Waals surface area contributed by atoms with E-state index in [1.807, 2.05) is 0 Å². The second-order valence-electron chi connectivity index (χ2n) is 6.75. The first-order chi connectivity index (χ1) is 13.0. The first kappa shape index (κ1) is 19.9. The van der Waals surface area contributed by atoms with E-state index >= 15 is 0 Å². The minimum atomic E-state index is -1.01. The van der Waals surface area contributed by atoms with Gasteiger partial charge in [-0.25, -0.2) is 4.79 Å². The minimum absolute atomic E-state index is 0.140. The summed E-state index contributed by atoms with van der Waals surface area (Å²) in [4.78, 5) is 13.8. The molecule has 2 aromatic rings. The second kappa shape index (κ2) is 8.87. The predicted octanol–water partition coefficient (Wildman–Crippen LogP) is 4.03. The molecule has 0 radical (unpaired) electrons. The maximum Gasteiger partial charge on any atom is 0.339 e. The maximum atomic E-state index is 11.4. The Hall–Kier alpha value is -1.89. The van der Waals surface area contributed by atoms with E-state index in [1.165, 1.54) is 18.2 Å². The minimum Gasteiger partial charge on any atom is -0.496 e. The van der Waals surface area contributed by atoms with E-state index in [2.05, 4.69) is 45.1 Å². The summed E-state index contributed by atoms with van der Waals surface area (Å²) < 4.78 is 6.04. The fourth-order valence-electron chi connectivity index (χ4n) is 3.80. The molecule has 0 fully saturated rings. The first-order valence-corrected chi connectivity index (χ1v) is 9.87. The largest absolute Gasteiger partial charge is 0.496 e. The van der Waals surface area contributed by atoms with Crippen molar-refractivity contribution >= 4 is 21.9 Å². The molecular formula is C21H24BrNO4. The quantitative estimate of drug-likeness (QED) is 0.657. The van der Waals surface area contributed by atoms with E-state index in [9.17, 15) is 15.0 Å². The van der Waals surface area contributed by atoms with Crippen LogP contribution in [-0.4, -0.2) is 41.3 Å². The summed E-state index contributed by atoms with van der Waals surface area (Å²) in [6, 6.07) is 12.2. The van der Waals surface area contributed by atoms with Gasteiger partial charge in [0.05, 0.1) is 7.11 Å². The molecule has 0 bridgehead atoms. The van der Waals surface area contributed by atoms with Crippen LogP contribution in [0.1, 0.15) is 45.9 Å². The fraction of sp³-hybridized carbons (Fsp3) is 0.381. The van der Waals surface area contributed by atoms with Gasteiger partial charge in [-0.3, -0.25) is 4.90 Å². The Morgan fingerprint density at radius 1 is 1.33 bits per heavy atom. The number of aryl methyl sites for hydroxylation is 1. The van der Waals surface area contributed by atoms with Crippen molar-refractivity contribution in [3.63, 3.8) is 0 Å². The highest BCUT2D eigenvalue weighted by Gasteiger charge is 2.28. The van der Waals surface area contributed by atoms with Crippen LogP contribution < -0.4 is 4.74 Å². The van der Waals surface area contributed by atoms with Gasteiger partial charge in [-0.1, -0.05) is 40.2 Å². The Kier molecular flexibility index (Phi) is 6.52. The van der Waals surface area contributed by atoms with Gasteiger partial charge in [-0.15, -0.1) is 0 Å². The van der Waals surface area contributed by atoms with Crippen molar-refractivity contribution < 1.29 is 19.7 Å². The molecule has 1 aliphatic carbocycles. The van der Waals surface area contributed by atoms with Crippen molar-refractivity contribution in [3.05, 3.63) is 63.1 Å². The molecule has 2 aromatic carbocycles. The first-order valence-electron chi connectivity index (χ1n) is 9.07. The van der Waals surface area contributed by atoms with Crippen LogP contribution in [0.25, 0.3) is 0 Å². The zero-order chi connectivity index (χ0) is 19.4. The third kappa shape index (κ3) is 4.34. The Bertz CT molecular complexity index is 824. The summed E-state index contributed by atoms with van der Waals surface area (Å²) in [7, 11) is 1.48. The van der Waals surface area contributed by atoms with E-state index in [0.717, 1.165) is 29.4 Å². The molecule has 0 saturated heterocycles. The van der Waals surface area contributed by atoms with Crippen molar-refractivity contribution in [3.8, 4) is 5.75 Å². The lowest BCUT2D eigenvalue weighted by molar-refractivity contribution is 0.0693. The number of carboxylic acid groups (broad SMARTS) is 1. The van der Waals surface area contributed by atoms with Crippen molar-refractivity contribution in [1.82, 2.24) is 4.90 Å². The standard InChI is InChI=1S/C21H24BrNO4/c1-27-20-11-15(18(22)12-17(20)21(25)26)13-23(9-4-10-24)19-8-7-14-5-2-3-6-16(14)19/h2-3,5-6,11-12,19,24H,4,7-10,13H2,1H3,(H,25,26). The smallest absolute Gasteiger partial charge is 0.339 e. The predicted molar refractivity (Wildman–Crippen MR) is 107 cm³/mol. The number of nitrogens with zero attached hydrogens (tertiary/aromatic N) is 1. The number of aromatic carboxylic acids is 1. The van der Waals surface area contributed by atoms with Crippen LogP contribution in [0.4, 0.5) is 0 Å². The van der Waals surface area contributed by atoms with Gasteiger partial charge in [0.15, 0.2) is 0 Å². The summed E-state index contributed by atoms with van der Waals surface area (Å²) in [5.41, 5.74) is 3.84. The Morgan fingerprint density at radius 2 is 2.11 bits per heavy atom. The lowest BCUT2D eigenvalue weighted by atomic mass is 10.0. The highest BCUT2D eigenvalue weighted by Crippen LogP contribution is 2.38. The van der Waals surface area contributed by atoms with E-state index in [-0.39, 0.29) is 12.2 Å². The number of rotatable bonds is 8. The monoisotopic (exact) mass is 433 g/mol. The number of hydrogen-bond acceptors (Lipinski definition) is 4. The molecule has 5 nitrogen and oxygen atoms in total. The SMILES string of the molecule is COc1cc(CN(CCCO)C2CCc3ccccc32)c(Br)cc1C(=O)O. The summed E-state index contributed by atoms with van der Waals surface area (Å²) in [5.74, 6) is -0.657. The highest BCUT2D eigenvalue weighted by atomic mass is 79.9. The number of aliphatic hydroxyl groups excluding tert-OH is 1. The number of ether oxygens (including phenoxy) is 1. The topological polar surface area (TPSA) is 70.0 Å². The molecule has 3 rings (SSSR count). The number of benzene rings is 2. The van der Waals surface area contributed by atoms with Gasteiger partial charge >= 0.3 is 5.97 Å². The molecule has 0 heterocycles. The second-order valence-corrected chi connectivity index (χ2v) is 7.60. The van der Waals surface area contributed by atoms with Crippen LogP contribution in [0.2, 0.25) is 0 Å². The molecule has 27 heavy (non-hydrogen) atoms. The molecule has 0 amide bonds. The lowest BCUT2D eigenvalue weighted by Crippen LogP contribution is -2.29. The van der Waals surface area contributed by atoms with Gasteiger partial charge in [-0.05, 0) is 48.1 Å². The number of aliphatic hydroxyl groups is 1. The van der Waals surface area contributed by atoms with Crippen LogP contribution in [0.3, 0.4) is 0 Å². The van der Waals surface area contributed by atoms with Crippen molar-refractivity contribution in [2.45, 2.75) is 31.8 Å². The van der Waals surface area contributed by atoms with Gasteiger partial charge in [-0.2, -0.15) is 0 Å².